The van der Waals surface area contributed by atoms with Gasteiger partial charge in [-0.25, -0.2) is 4.57 Å². The SMILES string of the molecule is COc1ccc(N(c2ccc(OC)cc2)c2ccc(-c3ccc(/C=C/c4cc[n+](CCC[N+](C)(C)C)cc4)c4nsnc34)cc2)cc1. The zero-order valence-corrected chi connectivity index (χ0v) is 28.4. The lowest BCUT2D eigenvalue weighted by atomic mass is 10.0. The maximum atomic E-state index is 5.40. The molecule has 238 valence electrons. The number of benzene rings is 4. The highest BCUT2D eigenvalue weighted by Crippen LogP contribution is 2.38. The highest BCUT2D eigenvalue weighted by molar-refractivity contribution is 7.00. The maximum Gasteiger partial charge on any atom is 0.169 e. The number of hydrogen-bond donors (Lipinski definition) is 0. The lowest BCUT2D eigenvalue weighted by molar-refractivity contribution is -0.873. The zero-order chi connectivity index (χ0) is 32.8. The Balaban J connectivity index is 1.23. The molecule has 0 atom stereocenters. The summed E-state index contributed by atoms with van der Waals surface area (Å²) in [5.74, 6) is 1.63. The van der Waals surface area contributed by atoms with Crippen molar-refractivity contribution in [3.63, 3.8) is 0 Å². The van der Waals surface area contributed by atoms with Crippen LogP contribution in [0.25, 0.3) is 34.3 Å². The van der Waals surface area contributed by atoms with Gasteiger partial charge in [-0.05, 0) is 71.8 Å². The lowest BCUT2D eigenvalue weighted by Crippen LogP contribution is -2.39. The number of ether oxygens (including phenoxy) is 2. The Morgan fingerprint density at radius 2 is 1.23 bits per heavy atom. The van der Waals surface area contributed by atoms with Crippen LogP contribution in [-0.4, -0.2) is 55.1 Å². The summed E-state index contributed by atoms with van der Waals surface area (Å²) in [6, 6.07) is 33.4. The molecule has 2 aromatic heterocycles. The number of aromatic nitrogens is 3. The molecule has 47 heavy (non-hydrogen) atoms. The molecule has 6 rings (SSSR count). The fraction of sp³-hybridized carbons (Fsp3) is 0.205. The molecule has 0 fully saturated rings. The first-order chi connectivity index (χ1) is 22.8. The molecule has 0 saturated heterocycles. The van der Waals surface area contributed by atoms with E-state index in [1.54, 1.807) is 14.2 Å². The van der Waals surface area contributed by atoms with E-state index in [1.807, 2.05) is 24.3 Å². The molecule has 0 aliphatic heterocycles. The molecule has 7 nitrogen and oxygen atoms in total. The van der Waals surface area contributed by atoms with Gasteiger partial charge in [-0.15, -0.1) is 0 Å². The molecule has 0 aliphatic carbocycles. The van der Waals surface area contributed by atoms with Crippen LogP contribution in [0.3, 0.4) is 0 Å². The summed E-state index contributed by atoms with van der Waals surface area (Å²) in [6.07, 6.45) is 9.75. The Labute approximate surface area is 281 Å². The van der Waals surface area contributed by atoms with Gasteiger partial charge in [0, 0.05) is 40.3 Å². The van der Waals surface area contributed by atoms with Gasteiger partial charge >= 0.3 is 0 Å². The maximum absolute atomic E-state index is 5.40. The second-order valence-corrected chi connectivity index (χ2v) is 13.0. The van der Waals surface area contributed by atoms with Gasteiger partial charge in [0.15, 0.2) is 18.9 Å². The fourth-order valence-electron chi connectivity index (χ4n) is 5.60. The zero-order valence-electron chi connectivity index (χ0n) is 27.6. The van der Waals surface area contributed by atoms with Gasteiger partial charge in [-0.1, -0.05) is 36.4 Å². The van der Waals surface area contributed by atoms with Crippen molar-refractivity contribution < 1.29 is 18.5 Å². The highest BCUT2D eigenvalue weighted by atomic mass is 32.1. The van der Waals surface area contributed by atoms with E-state index in [-0.39, 0.29) is 0 Å². The van der Waals surface area contributed by atoms with Crippen molar-refractivity contribution in [3.05, 3.63) is 121 Å². The Bertz CT molecular complexity index is 1900. The van der Waals surface area contributed by atoms with E-state index in [1.165, 1.54) is 11.7 Å². The monoisotopic (exact) mass is 643 g/mol. The van der Waals surface area contributed by atoms with E-state index in [9.17, 15) is 0 Å². The highest BCUT2D eigenvalue weighted by Gasteiger charge is 2.15. The molecule has 0 spiro atoms. The molecule has 0 unspecified atom stereocenters. The molecular weight excluding hydrogens is 603 g/mol. The quantitative estimate of drug-likeness (QED) is 0.0991. The Hall–Kier alpha value is -5.05. The van der Waals surface area contributed by atoms with E-state index in [0.717, 1.165) is 85.8 Å². The number of nitrogens with zero attached hydrogens (tertiary/aromatic N) is 5. The molecule has 0 aliphatic rings. The third kappa shape index (κ3) is 7.68. The number of hydrogen-bond acceptors (Lipinski definition) is 6. The summed E-state index contributed by atoms with van der Waals surface area (Å²) in [6.45, 7) is 2.17. The minimum absolute atomic E-state index is 0.816. The van der Waals surface area contributed by atoms with Crippen LogP contribution >= 0.6 is 11.7 Å². The number of anilines is 3. The number of fused-ring (bicyclic) bond motifs is 1. The summed E-state index contributed by atoms with van der Waals surface area (Å²) in [7, 11) is 10.1. The summed E-state index contributed by atoms with van der Waals surface area (Å²) in [4.78, 5) is 2.22. The van der Waals surface area contributed by atoms with Crippen molar-refractivity contribution >= 4 is 52.0 Å². The Morgan fingerprint density at radius 3 is 1.79 bits per heavy atom. The van der Waals surface area contributed by atoms with E-state index in [2.05, 4.69) is 132 Å². The summed E-state index contributed by atoms with van der Waals surface area (Å²) >= 11 is 1.25. The molecule has 6 aromatic rings. The molecule has 0 saturated carbocycles. The Kier molecular flexibility index (Phi) is 9.61. The molecule has 0 N–H and O–H groups in total. The first-order valence-corrected chi connectivity index (χ1v) is 16.5. The first-order valence-electron chi connectivity index (χ1n) is 15.7. The van der Waals surface area contributed by atoms with Crippen LogP contribution in [0.15, 0.2) is 109 Å². The van der Waals surface area contributed by atoms with Crippen molar-refractivity contribution in [2.45, 2.75) is 13.0 Å². The third-order valence-corrected chi connectivity index (χ3v) is 8.69. The number of quaternary nitrogens is 1. The molecule has 0 amide bonds. The van der Waals surface area contributed by atoms with Gasteiger partial charge in [0.2, 0.25) is 0 Å². The van der Waals surface area contributed by atoms with Crippen LogP contribution in [0, 0.1) is 0 Å². The van der Waals surface area contributed by atoms with E-state index in [0.29, 0.717) is 0 Å². The van der Waals surface area contributed by atoms with Crippen LogP contribution < -0.4 is 18.9 Å². The molecule has 8 heteroatoms. The number of methoxy groups -OCH3 is 2. The van der Waals surface area contributed by atoms with Crippen molar-refractivity contribution in [1.82, 2.24) is 8.75 Å². The van der Waals surface area contributed by atoms with Gasteiger partial charge in [0.05, 0.1) is 60.1 Å². The van der Waals surface area contributed by atoms with Gasteiger partial charge in [0.25, 0.3) is 0 Å². The van der Waals surface area contributed by atoms with Crippen molar-refractivity contribution in [3.8, 4) is 22.6 Å². The van der Waals surface area contributed by atoms with E-state index >= 15 is 0 Å². The second kappa shape index (κ2) is 14.2. The Morgan fingerprint density at radius 1 is 0.681 bits per heavy atom. The van der Waals surface area contributed by atoms with Gasteiger partial charge in [-0.2, -0.15) is 8.75 Å². The average Bonchev–Trinajstić information content (AvgIpc) is 3.59. The number of aryl methyl sites for hydroxylation is 1. The normalized spacial score (nSPS) is 11.7. The van der Waals surface area contributed by atoms with Crippen molar-refractivity contribution in [1.29, 1.82) is 0 Å². The molecule has 4 aromatic carbocycles. The molecule has 0 bridgehead atoms. The van der Waals surface area contributed by atoms with Crippen LogP contribution in [-0.2, 0) is 6.54 Å². The van der Waals surface area contributed by atoms with Gasteiger partial charge in [-0.3, -0.25) is 0 Å². The van der Waals surface area contributed by atoms with Crippen LogP contribution in [0.1, 0.15) is 17.5 Å². The third-order valence-electron chi connectivity index (χ3n) is 8.16. The topological polar surface area (TPSA) is 51.4 Å². The summed E-state index contributed by atoms with van der Waals surface area (Å²) in [5.41, 5.74) is 9.28. The predicted molar refractivity (Wildman–Crippen MR) is 194 cm³/mol. The largest absolute Gasteiger partial charge is 0.497 e. The number of pyridine rings is 1. The second-order valence-electron chi connectivity index (χ2n) is 12.5. The molecular formula is C39H41N5O2S+2. The summed E-state index contributed by atoms with van der Waals surface area (Å²) < 4.78 is 23.4. The van der Waals surface area contributed by atoms with Gasteiger partial charge in [0.1, 0.15) is 22.5 Å². The van der Waals surface area contributed by atoms with Crippen molar-refractivity contribution in [2.24, 2.45) is 0 Å². The van der Waals surface area contributed by atoms with Crippen molar-refractivity contribution in [2.75, 3.05) is 46.8 Å². The van der Waals surface area contributed by atoms with E-state index in [4.69, 9.17) is 13.8 Å². The summed E-state index contributed by atoms with van der Waals surface area (Å²) in [5, 5.41) is 0. The minimum atomic E-state index is 0.816. The van der Waals surface area contributed by atoms with Crippen LogP contribution in [0.5, 0.6) is 11.5 Å². The fourth-order valence-corrected chi connectivity index (χ4v) is 6.18. The van der Waals surface area contributed by atoms with Crippen LogP contribution in [0.4, 0.5) is 17.1 Å². The standard InChI is InChI=1S/C39H41N5O2S/c1-44(2,3)28-6-25-42-26-23-29(24-27-42)7-8-31-11-22-37(39-38(31)40-47-41-39)30-9-12-32(13-10-30)43(33-14-18-35(45-4)19-15-33)34-16-20-36(46-5)21-17-34/h7-24,26-27H,6,25,28H2,1-5H3/q+2. The van der Waals surface area contributed by atoms with Crippen LogP contribution in [0.2, 0.25) is 0 Å². The molecule has 0 radical (unpaired) electrons. The lowest BCUT2D eigenvalue weighted by Gasteiger charge is -2.26. The minimum Gasteiger partial charge on any atom is -0.497 e. The first kappa shape index (κ1) is 31.9. The van der Waals surface area contributed by atoms with Gasteiger partial charge < -0.3 is 18.9 Å². The average molecular weight is 644 g/mol. The number of rotatable bonds is 12. The predicted octanol–water partition coefficient (Wildman–Crippen LogP) is 8.40. The molecule has 2 heterocycles. The van der Waals surface area contributed by atoms with E-state index < -0.39 is 0 Å². The smallest absolute Gasteiger partial charge is 0.169 e.